The van der Waals surface area contributed by atoms with Crippen LogP contribution < -0.4 is 5.32 Å². The Morgan fingerprint density at radius 2 is 2.00 bits per heavy atom. The quantitative estimate of drug-likeness (QED) is 0.768. The SMILES string of the molecule is CCNC(Cc1cncc(Br)c1)CC(C)CC(C)(C)C. The highest BCUT2D eigenvalue weighted by atomic mass is 79.9. The van der Waals surface area contributed by atoms with Crippen LogP contribution in [0.1, 0.15) is 53.0 Å². The van der Waals surface area contributed by atoms with Crippen LogP contribution in [-0.4, -0.2) is 17.6 Å². The van der Waals surface area contributed by atoms with Crippen molar-refractivity contribution in [3.63, 3.8) is 0 Å². The maximum absolute atomic E-state index is 4.26. The van der Waals surface area contributed by atoms with Gasteiger partial charge in [-0.3, -0.25) is 4.98 Å². The largest absolute Gasteiger partial charge is 0.314 e. The number of pyridine rings is 1. The molecule has 0 aliphatic heterocycles. The first-order valence-corrected chi connectivity index (χ1v) is 8.42. The summed E-state index contributed by atoms with van der Waals surface area (Å²) in [5, 5.41) is 3.62. The van der Waals surface area contributed by atoms with E-state index >= 15 is 0 Å². The molecule has 2 atom stereocenters. The minimum Gasteiger partial charge on any atom is -0.314 e. The van der Waals surface area contributed by atoms with Crippen molar-refractivity contribution in [1.29, 1.82) is 0 Å². The summed E-state index contributed by atoms with van der Waals surface area (Å²) in [6.07, 6.45) is 7.36. The average Bonchev–Trinajstić information content (AvgIpc) is 2.26. The topological polar surface area (TPSA) is 24.9 Å². The molecule has 1 aromatic rings. The standard InChI is InChI=1S/C17H29BrN2/c1-6-20-16(7-13(2)10-17(3,4)5)9-14-8-15(18)12-19-11-14/h8,11-13,16,20H,6-7,9-10H2,1-5H3. The highest BCUT2D eigenvalue weighted by Gasteiger charge is 2.19. The predicted octanol–water partition coefficient (Wildman–Crippen LogP) is 4.83. The Kier molecular flexibility index (Phi) is 7.18. The molecule has 1 aromatic heterocycles. The minimum absolute atomic E-state index is 0.410. The molecule has 1 rings (SSSR count). The third-order valence-electron chi connectivity index (χ3n) is 3.38. The van der Waals surface area contributed by atoms with Crippen LogP contribution in [0.15, 0.2) is 22.9 Å². The minimum atomic E-state index is 0.410. The second-order valence-electron chi connectivity index (χ2n) is 7.08. The Hall–Kier alpha value is -0.410. The summed E-state index contributed by atoms with van der Waals surface area (Å²) in [4.78, 5) is 4.26. The zero-order valence-corrected chi connectivity index (χ0v) is 15.1. The van der Waals surface area contributed by atoms with Crippen molar-refractivity contribution < 1.29 is 0 Å². The van der Waals surface area contributed by atoms with Gasteiger partial charge in [-0.05, 0) is 64.7 Å². The fraction of sp³-hybridized carbons (Fsp3) is 0.706. The molecule has 2 nitrogen and oxygen atoms in total. The van der Waals surface area contributed by atoms with Crippen molar-refractivity contribution in [3.05, 3.63) is 28.5 Å². The van der Waals surface area contributed by atoms with Crippen LogP contribution in [0.25, 0.3) is 0 Å². The molecule has 1 heterocycles. The molecule has 0 saturated carbocycles. The lowest BCUT2D eigenvalue weighted by Gasteiger charge is -2.27. The molecule has 2 unspecified atom stereocenters. The van der Waals surface area contributed by atoms with E-state index in [2.05, 4.69) is 66.9 Å². The summed E-state index contributed by atoms with van der Waals surface area (Å²) in [5.41, 5.74) is 1.71. The van der Waals surface area contributed by atoms with E-state index in [0.29, 0.717) is 11.5 Å². The number of nitrogens with zero attached hydrogens (tertiary/aromatic N) is 1. The second kappa shape index (κ2) is 8.14. The van der Waals surface area contributed by atoms with Gasteiger partial charge in [0.15, 0.2) is 0 Å². The molecule has 0 saturated heterocycles. The molecule has 1 N–H and O–H groups in total. The number of rotatable bonds is 7. The van der Waals surface area contributed by atoms with Crippen LogP contribution in [0, 0.1) is 11.3 Å². The molecule has 3 heteroatoms. The molecule has 0 radical (unpaired) electrons. The Labute approximate surface area is 132 Å². The van der Waals surface area contributed by atoms with Gasteiger partial charge in [0.05, 0.1) is 0 Å². The van der Waals surface area contributed by atoms with Gasteiger partial charge in [0.1, 0.15) is 0 Å². The van der Waals surface area contributed by atoms with E-state index in [9.17, 15) is 0 Å². The molecule has 0 aliphatic rings. The highest BCUT2D eigenvalue weighted by molar-refractivity contribution is 9.10. The van der Waals surface area contributed by atoms with E-state index in [-0.39, 0.29) is 0 Å². The maximum Gasteiger partial charge on any atom is 0.0410 e. The summed E-state index contributed by atoms with van der Waals surface area (Å²) in [7, 11) is 0. The van der Waals surface area contributed by atoms with Gasteiger partial charge in [-0.25, -0.2) is 0 Å². The summed E-state index contributed by atoms with van der Waals surface area (Å²) < 4.78 is 1.06. The molecule has 0 amide bonds. The summed E-state index contributed by atoms with van der Waals surface area (Å²) in [6, 6.07) is 2.71. The molecule has 0 aromatic carbocycles. The molecule has 20 heavy (non-hydrogen) atoms. The number of likely N-dealkylation sites (N-methyl/N-ethyl adjacent to an activating group) is 1. The number of nitrogens with one attached hydrogen (secondary N) is 1. The predicted molar refractivity (Wildman–Crippen MR) is 91.0 cm³/mol. The molecule has 0 aliphatic carbocycles. The second-order valence-corrected chi connectivity index (χ2v) is 7.99. The fourth-order valence-corrected chi connectivity index (χ4v) is 3.41. The van der Waals surface area contributed by atoms with Crippen molar-refractivity contribution in [3.8, 4) is 0 Å². The summed E-state index contributed by atoms with van der Waals surface area (Å²) in [5.74, 6) is 0.735. The average molecular weight is 341 g/mol. The Balaban J connectivity index is 2.60. The monoisotopic (exact) mass is 340 g/mol. The van der Waals surface area contributed by atoms with Gasteiger partial charge < -0.3 is 5.32 Å². The molecule has 0 fully saturated rings. The summed E-state index contributed by atoms with van der Waals surface area (Å²) >= 11 is 3.50. The molecule has 0 bridgehead atoms. The van der Waals surface area contributed by atoms with E-state index in [1.54, 1.807) is 0 Å². The van der Waals surface area contributed by atoms with Gasteiger partial charge in [0.2, 0.25) is 0 Å². The normalized spacial score (nSPS) is 15.1. The highest BCUT2D eigenvalue weighted by Crippen LogP contribution is 2.27. The number of halogens is 1. The van der Waals surface area contributed by atoms with E-state index in [0.717, 1.165) is 23.4 Å². The third kappa shape index (κ3) is 7.39. The first kappa shape index (κ1) is 17.6. The van der Waals surface area contributed by atoms with Gasteiger partial charge in [-0.1, -0.05) is 34.6 Å². The summed E-state index contributed by atoms with van der Waals surface area (Å²) in [6.45, 7) is 12.5. The lowest BCUT2D eigenvalue weighted by Crippen LogP contribution is -2.33. The Bertz CT molecular complexity index is 398. The maximum atomic E-state index is 4.26. The number of hydrogen-bond acceptors (Lipinski definition) is 2. The number of aromatic nitrogens is 1. The third-order valence-corrected chi connectivity index (χ3v) is 3.82. The van der Waals surface area contributed by atoms with Gasteiger partial charge >= 0.3 is 0 Å². The van der Waals surface area contributed by atoms with Crippen LogP contribution in [0.5, 0.6) is 0 Å². The van der Waals surface area contributed by atoms with Crippen molar-refractivity contribution in [2.75, 3.05) is 6.54 Å². The lowest BCUT2D eigenvalue weighted by atomic mass is 9.82. The van der Waals surface area contributed by atoms with E-state index in [1.807, 2.05) is 12.4 Å². The Morgan fingerprint density at radius 3 is 2.55 bits per heavy atom. The van der Waals surface area contributed by atoms with Gasteiger partial charge in [0, 0.05) is 22.9 Å². The van der Waals surface area contributed by atoms with Crippen LogP contribution in [-0.2, 0) is 6.42 Å². The van der Waals surface area contributed by atoms with Crippen molar-refractivity contribution >= 4 is 15.9 Å². The van der Waals surface area contributed by atoms with Crippen LogP contribution in [0.3, 0.4) is 0 Å². The van der Waals surface area contributed by atoms with Crippen molar-refractivity contribution in [2.45, 2.75) is 59.9 Å². The zero-order valence-electron chi connectivity index (χ0n) is 13.5. The lowest BCUT2D eigenvalue weighted by molar-refractivity contribution is 0.275. The van der Waals surface area contributed by atoms with Gasteiger partial charge in [-0.2, -0.15) is 0 Å². The van der Waals surface area contributed by atoms with E-state index in [1.165, 1.54) is 18.4 Å². The van der Waals surface area contributed by atoms with Gasteiger partial charge in [0.25, 0.3) is 0 Å². The van der Waals surface area contributed by atoms with Crippen LogP contribution in [0.4, 0.5) is 0 Å². The van der Waals surface area contributed by atoms with Crippen LogP contribution >= 0.6 is 15.9 Å². The van der Waals surface area contributed by atoms with E-state index in [4.69, 9.17) is 0 Å². The molecule has 114 valence electrons. The van der Waals surface area contributed by atoms with Gasteiger partial charge in [-0.15, -0.1) is 0 Å². The molecular weight excluding hydrogens is 312 g/mol. The first-order valence-electron chi connectivity index (χ1n) is 7.63. The van der Waals surface area contributed by atoms with Crippen molar-refractivity contribution in [2.24, 2.45) is 11.3 Å². The van der Waals surface area contributed by atoms with E-state index < -0.39 is 0 Å². The first-order chi connectivity index (χ1) is 9.30. The number of hydrogen-bond donors (Lipinski definition) is 1. The molecular formula is C17H29BrN2. The zero-order chi connectivity index (χ0) is 15.2. The smallest absolute Gasteiger partial charge is 0.0410 e. The van der Waals surface area contributed by atoms with Crippen LogP contribution in [0.2, 0.25) is 0 Å². The Morgan fingerprint density at radius 1 is 1.30 bits per heavy atom. The molecule has 0 spiro atoms. The fourth-order valence-electron chi connectivity index (χ4n) is 2.99. The van der Waals surface area contributed by atoms with Crippen molar-refractivity contribution in [1.82, 2.24) is 10.3 Å².